The summed E-state index contributed by atoms with van der Waals surface area (Å²) in [5.41, 5.74) is 0.804. The van der Waals surface area contributed by atoms with Gasteiger partial charge in [0.25, 0.3) is 0 Å². The normalized spacial score (nSPS) is 12.2. The minimum absolute atomic E-state index is 0.170. The lowest BCUT2D eigenvalue weighted by atomic mass is 10.1. The number of nitrogens with zero attached hydrogens (tertiary/aromatic N) is 4. The van der Waals surface area contributed by atoms with E-state index >= 15 is 0 Å². The van der Waals surface area contributed by atoms with Crippen LogP contribution in [0.1, 0.15) is 5.69 Å². The van der Waals surface area contributed by atoms with Crippen LogP contribution in [-0.4, -0.2) is 43.5 Å². The third kappa shape index (κ3) is 4.01. The molecular formula is C18H17F3N4O2S. The van der Waals surface area contributed by atoms with Crippen molar-refractivity contribution in [1.29, 1.82) is 0 Å². The number of benzene rings is 1. The number of hydrogen-bond donors (Lipinski definition) is 0. The number of rotatable bonds is 4. The molecule has 3 aromatic rings. The van der Waals surface area contributed by atoms with Gasteiger partial charge >= 0.3 is 6.18 Å². The van der Waals surface area contributed by atoms with Gasteiger partial charge < -0.3 is 4.90 Å². The molecule has 0 bridgehead atoms. The Morgan fingerprint density at radius 3 is 2.14 bits per heavy atom. The highest BCUT2D eigenvalue weighted by Gasteiger charge is 2.35. The van der Waals surface area contributed by atoms with Gasteiger partial charge in [0.05, 0.1) is 17.6 Å². The van der Waals surface area contributed by atoms with Gasteiger partial charge in [-0.3, -0.25) is 0 Å². The van der Waals surface area contributed by atoms with Crippen LogP contribution in [0.3, 0.4) is 0 Å². The van der Waals surface area contributed by atoms with Crippen molar-refractivity contribution in [3.05, 3.63) is 54.4 Å². The van der Waals surface area contributed by atoms with E-state index in [9.17, 15) is 21.6 Å². The van der Waals surface area contributed by atoms with Crippen LogP contribution >= 0.6 is 0 Å². The maximum Gasteiger partial charge on any atom is 0.435 e. The lowest BCUT2D eigenvalue weighted by Crippen LogP contribution is -2.08. The van der Waals surface area contributed by atoms with E-state index in [1.165, 1.54) is 18.3 Å². The smallest absolute Gasteiger partial charge is 0.378 e. The fraction of sp³-hybridized carbons (Fsp3) is 0.222. The van der Waals surface area contributed by atoms with Crippen molar-refractivity contribution in [2.24, 2.45) is 0 Å². The zero-order chi connectivity index (χ0) is 20.7. The zero-order valence-corrected chi connectivity index (χ0v) is 16.1. The average Bonchev–Trinajstić information content (AvgIpc) is 3.07. The summed E-state index contributed by atoms with van der Waals surface area (Å²) < 4.78 is 63.9. The minimum atomic E-state index is -4.62. The Morgan fingerprint density at radius 1 is 1.04 bits per heavy atom. The molecule has 0 saturated carbocycles. The molecule has 0 aliphatic rings. The number of hydrogen-bond acceptors (Lipinski definition) is 5. The molecule has 148 valence electrons. The molecule has 0 aliphatic carbocycles. The van der Waals surface area contributed by atoms with Crippen molar-refractivity contribution < 1.29 is 21.6 Å². The number of aromatic nitrogens is 3. The highest BCUT2D eigenvalue weighted by molar-refractivity contribution is 7.90. The summed E-state index contributed by atoms with van der Waals surface area (Å²) in [6.45, 7) is 0. The topological polar surface area (TPSA) is 68.1 Å². The van der Waals surface area contributed by atoms with Gasteiger partial charge in [-0.25, -0.2) is 18.1 Å². The van der Waals surface area contributed by atoms with Gasteiger partial charge in [0, 0.05) is 31.6 Å². The molecule has 28 heavy (non-hydrogen) atoms. The summed E-state index contributed by atoms with van der Waals surface area (Å²) >= 11 is 0. The van der Waals surface area contributed by atoms with Crippen molar-refractivity contribution in [2.45, 2.75) is 11.2 Å². The molecule has 10 heteroatoms. The Bertz CT molecular complexity index is 1090. The molecule has 2 heterocycles. The van der Waals surface area contributed by atoms with Gasteiger partial charge in [0.15, 0.2) is 20.6 Å². The minimum Gasteiger partial charge on any atom is -0.378 e. The van der Waals surface area contributed by atoms with Crippen LogP contribution in [-0.2, 0) is 16.0 Å². The number of halogens is 3. The van der Waals surface area contributed by atoms with Crippen molar-refractivity contribution in [3.63, 3.8) is 0 Å². The van der Waals surface area contributed by atoms with Crippen LogP contribution in [0.15, 0.2) is 53.7 Å². The van der Waals surface area contributed by atoms with Crippen LogP contribution in [0.5, 0.6) is 0 Å². The second kappa shape index (κ2) is 6.93. The Balaban J connectivity index is 2.13. The van der Waals surface area contributed by atoms with Gasteiger partial charge in [0.2, 0.25) is 0 Å². The largest absolute Gasteiger partial charge is 0.435 e. The lowest BCUT2D eigenvalue weighted by molar-refractivity contribution is -0.141. The first-order valence-electron chi connectivity index (χ1n) is 8.08. The molecule has 0 aliphatic heterocycles. The van der Waals surface area contributed by atoms with E-state index in [0.29, 0.717) is 5.56 Å². The Kier molecular flexibility index (Phi) is 4.92. The third-order valence-electron chi connectivity index (χ3n) is 4.02. The van der Waals surface area contributed by atoms with Gasteiger partial charge in [-0.05, 0) is 30.3 Å². The highest BCUT2D eigenvalue weighted by atomic mass is 32.2. The molecule has 0 radical (unpaired) electrons. The van der Waals surface area contributed by atoms with Gasteiger partial charge in [-0.1, -0.05) is 12.1 Å². The summed E-state index contributed by atoms with van der Waals surface area (Å²) in [5.74, 6) is 0. The van der Waals surface area contributed by atoms with Crippen LogP contribution in [0.2, 0.25) is 0 Å². The molecule has 0 unspecified atom stereocenters. The first kappa shape index (κ1) is 19.9. The lowest BCUT2D eigenvalue weighted by Gasteiger charge is -2.13. The molecule has 1 aromatic carbocycles. The van der Waals surface area contributed by atoms with Crippen LogP contribution in [0.4, 0.5) is 18.9 Å². The van der Waals surface area contributed by atoms with E-state index in [1.807, 2.05) is 19.0 Å². The van der Waals surface area contributed by atoms with Crippen LogP contribution in [0, 0.1) is 0 Å². The monoisotopic (exact) mass is 410 g/mol. The van der Waals surface area contributed by atoms with E-state index in [0.717, 1.165) is 22.7 Å². The number of sulfone groups is 1. The van der Waals surface area contributed by atoms with E-state index in [-0.39, 0.29) is 16.4 Å². The Labute approximate surface area is 160 Å². The summed E-state index contributed by atoms with van der Waals surface area (Å²) in [4.78, 5) is 5.70. The predicted molar refractivity (Wildman–Crippen MR) is 99.2 cm³/mol. The number of alkyl halides is 3. The summed E-state index contributed by atoms with van der Waals surface area (Å²) in [7, 11) is 0.194. The third-order valence-corrected chi connectivity index (χ3v) is 5.03. The molecule has 0 fully saturated rings. The van der Waals surface area contributed by atoms with E-state index in [4.69, 9.17) is 0 Å². The molecule has 0 saturated heterocycles. The second-order valence-electron chi connectivity index (χ2n) is 6.39. The maximum absolute atomic E-state index is 13.2. The Hall–Kier alpha value is -2.88. The first-order chi connectivity index (χ1) is 13.0. The summed E-state index contributed by atoms with van der Waals surface area (Å²) in [5, 5.41) is 3.50. The fourth-order valence-corrected chi connectivity index (χ4v) is 3.13. The quantitative estimate of drug-likeness (QED) is 0.659. The van der Waals surface area contributed by atoms with Crippen molar-refractivity contribution in [3.8, 4) is 16.9 Å². The van der Waals surface area contributed by atoms with Crippen molar-refractivity contribution in [1.82, 2.24) is 14.8 Å². The molecule has 3 rings (SSSR count). The maximum atomic E-state index is 13.2. The average molecular weight is 410 g/mol. The first-order valence-corrected chi connectivity index (χ1v) is 9.97. The number of pyridine rings is 1. The van der Waals surface area contributed by atoms with Gasteiger partial charge in [-0.2, -0.15) is 18.3 Å². The highest BCUT2D eigenvalue weighted by Crippen LogP contribution is 2.33. The predicted octanol–water partition coefficient (Wildman–Crippen LogP) is 3.42. The van der Waals surface area contributed by atoms with E-state index < -0.39 is 21.7 Å². The summed E-state index contributed by atoms with van der Waals surface area (Å²) in [6.07, 6.45) is -2.44. The molecule has 2 aromatic heterocycles. The standard InChI is InChI=1S/C18H17F3N4O2S/c1-24(2)13-6-4-12(5-7-13)15-10-16(18(19,20)21)23-25(15)14-8-9-17(22-11-14)28(3,26)27/h4-11H,1-3H3. The number of anilines is 1. The Morgan fingerprint density at radius 2 is 1.68 bits per heavy atom. The molecule has 0 spiro atoms. The van der Waals surface area contributed by atoms with E-state index in [2.05, 4.69) is 10.1 Å². The molecule has 0 N–H and O–H groups in total. The van der Waals surface area contributed by atoms with Crippen LogP contribution < -0.4 is 4.90 Å². The van der Waals surface area contributed by atoms with Gasteiger partial charge in [0.1, 0.15) is 0 Å². The summed E-state index contributed by atoms with van der Waals surface area (Å²) in [6, 6.07) is 10.5. The zero-order valence-electron chi connectivity index (χ0n) is 15.3. The molecule has 0 amide bonds. The van der Waals surface area contributed by atoms with Crippen molar-refractivity contribution in [2.75, 3.05) is 25.3 Å². The van der Waals surface area contributed by atoms with Gasteiger partial charge in [-0.15, -0.1) is 0 Å². The second-order valence-corrected chi connectivity index (χ2v) is 8.36. The molecule has 6 nitrogen and oxygen atoms in total. The SMILES string of the molecule is CN(C)c1ccc(-c2cc(C(F)(F)F)nn2-c2ccc(S(C)(=O)=O)nc2)cc1. The van der Waals surface area contributed by atoms with E-state index in [1.54, 1.807) is 24.3 Å². The molecule has 0 atom stereocenters. The van der Waals surface area contributed by atoms with Crippen molar-refractivity contribution >= 4 is 15.5 Å². The fourth-order valence-electron chi connectivity index (χ4n) is 2.57. The molecular weight excluding hydrogens is 393 g/mol. The van der Waals surface area contributed by atoms with Crippen LogP contribution in [0.25, 0.3) is 16.9 Å².